The van der Waals surface area contributed by atoms with Gasteiger partial charge in [-0.1, -0.05) is 44.5 Å². The van der Waals surface area contributed by atoms with Crippen molar-refractivity contribution in [3.05, 3.63) is 41.3 Å². The Hall–Kier alpha value is -1.61. The molecule has 20 heavy (non-hydrogen) atoms. The Bertz CT molecular complexity index is 564. The maximum atomic E-state index is 6.36. The predicted molar refractivity (Wildman–Crippen MR) is 84.6 cm³/mol. The molecule has 1 aromatic heterocycles. The number of H-pyrrole nitrogens is 1. The van der Waals surface area contributed by atoms with Crippen molar-refractivity contribution in [3.63, 3.8) is 0 Å². The molecule has 108 valence electrons. The van der Waals surface area contributed by atoms with Gasteiger partial charge in [0.05, 0.1) is 11.2 Å². The molecule has 0 spiro atoms. The van der Waals surface area contributed by atoms with E-state index in [2.05, 4.69) is 50.0 Å². The second-order valence-electron chi connectivity index (χ2n) is 5.78. The predicted octanol–water partition coefficient (Wildman–Crippen LogP) is 3.92. The SMILES string of the molecule is CCCC(C)(N)c1nc(-c2ccc(CC)cc2)c(C)[nH]1. The Labute approximate surface area is 121 Å². The van der Waals surface area contributed by atoms with Gasteiger partial charge in [-0.2, -0.15) is 0 Å². The van der Waals surface area contributed by atoms with Crippen LogP contribution in [0.25, 0.3) is 11.3 Å². The van der Waals surface area contributed by atoms with Gasteiger partial charge in [-0.25, -0.2) is 4.98 Å². The first-order valence-electron chi connectivity index (χ1n) is 7.43. The molecule has 3 nitrogen and oxygen atoms in total. The van der Waals surface area contributed by atoms with Crippen LogP contribution < -0.4 is 5.73 Å². The van der Waals surface area contributed by atoms with Crippen molar-refractivity contribution >= 4 is 0 Å². The van der Waals surface area contributed by atoms with Crippen LogP contribution in [0.15, 0.2) is 24.3 Å². The van der Waals surface area contributed by atoms with Crippen LogP contribution in [-0.2, 0) is 12.0 Å². The Kier molecular flexibility index (Phi) is 4.29. The molecule has 2 rings (SSSR count). The molecule has 1 aromatic carbocycles. The molecular weight excluding hydrogens is 246 g/mol. The number of nitrogens with two attached hydrogens (primary N) is 1. The molecule has 2 aromatic rings. The highest BCUT2D eigenvalue weighted by atomic mass is 15.0. The number of nitrogens with zero attached hydrogens (tertiary/aromatic N) is 1. The standard InChI is InChI=1S/C17H25N3/c1-5-11-17(4,18)16-19-12(3)15(20-16)14-9-7-13(6-2)8-10-14/h7-10H,5-6,11,18H2,1-4H3,(H,19,20). The van der Waals surface area contributed by atoms with Gasteiger partial charge in [0.25, 0.3) is 0 Å². The number of benzene rings is 1. The van der Waals surface area contributed by atoms with E-state index < -0.39 is 0 Å². The lowest BCUT2D eigenvalue weighted by Crippen LogP contribution is -2.34. The average Bonchev–Trinajstić information content (AvgIpc) is 2.82. The van der Waals surface area contributed by atoms with Crippen LogP contribution in [0.3, 0.4) is 0 Å². The highest BCUT2D eigenvalue weighted by molar-refractivity contribution is 5.62. The Morgan fingerprint density at radius 1 is 1.20 bits per heavy atom. The summed E-state index contributed by atoms with van der Waals surface area (Å²) >= 11 is 0. The van der Waals surface area contributed by atoms with Crippen molar-refractivity contribution in [2.75, 3.05) is 0 Å². The van der Waals surface area contributed by atoms with Gasteiger partial charge >= 0.3 is 0 Å². The number of hydrogen-bond acceptors (Lipinski definition) is 2. The lowest BCUT2D eigenvalue weighted by Gasteiger charge is -2.21. The number of aryl methyl sites for hydroxylation is 2. The summed E-state index contributed by atoms with van der Waals surface area (Å²) < 4.78 is 0. The van der Waals surface area contributed by atoms with E-state index >= 15 is 0 Å². The number of aromatic nitrogens is 2. The van der Waals surface area contributed by atoms with Gasteiger partial charge in [-0.3, -0.25) is 0 Å². The minimum Gasteiger partial charge on any atom is -0.344 e. The molecule has 1 heterocycles. The molecule has 0 saturated heterocycles. The van der Waals surface area contributed by atoms with Crippen LogP contribution in [0.2, 0.25) is 0 Å². The molecule has 0 bridgehead atoms. The number of nitrogens with one attached hydrogen (secondary N) is 1. The molecule has 3 N–H and O–H groups in total. The Morgan fingerprint density at radius 3 is 2.40 bits per heavy atom. The van der Waals surface area contributed by atoms with Crippen molar-refractivity contribution in [2.24, 2.45) is 5.73 Å². The summed E-state index contributed by atoms with van der Waals surface area (Å²) in [6.45, 7) is 8.41. The third kappa shape index (κ3) is 2.93. The number of aromatic amines is 1. The Balaban J connectivity index is 2.35. The van der Waals surface area contributed by atoms with E-state index in [-0.39, 0.29) is 5.54 Å². The minimum absolute atomic E-state index is 0.388. The highest BCUT2D eigenvalue weighted by Crippen LogP contribution is 2.27. The summed E-state index contributed by atoms with van der Waals surface area (Å²) in [5.74, 6) is 0.881. The molecule has 0 amide bonds. The van der Waals surface area contributed by atoms with Crippen molar-refractivity contribution < 1.29 is 0 Å². The van der Waals surface area contributed by atoms with E-state index in [4.69, 9.17) is 10.7 Å². The minimum atomic E-state index is -0.388. The molecule has 0 aliphatic rings. The summed E-state index contributed by atoms with van der Waals surface area (Å²) in [5.41, 5.74) is 10.6. The molecule has 0 aliphatic heterocycles. The summed E-state index contributed by atoms with van der Waals surface area (Å²) in [7, 11) is 0. The van der Waals surface area contributed by atoms with Crippen LogP contribution in [0.1, 0.15) is 50.7 Å². The van der Waals surface area contributed by atoms with E-state index in [9.17, 15) is 0 Å². The molecular formula is C17H25N3. The third-order valence-electron chi connectivity index (χ3n) is 3.83. The average molecular weight is 271 g/mol. The zero-order valence-corrected chi connectivity index (χ0v) is 13.0. The summed E-state index contributed by atoms with van der Waals surface area (Å²) in [5, 5.41) is 0. The van der Waals surface area contributed by atoms with Crippen LogP contribution in [0.5, 0.6) is 0 Å². The molecule has 0 aliphatic carbocycles. The second-order valence-corrected chi connectivity index (χ2v) is 5.78. The van der Waals surface area contributed by atoms with Crippen LogP contribution in [0, 0.1) is 6.92 Å². The first-order valence-corrected chi connectivity index (χ1v) is 7.43. The van der Waals surface area contributed by atoms with Crippen LogP contribution in [0.4, 0.5) is 0 Å². The van der Waals surface area contributed by atoms with Crippen molar-refractivity contribution in [1.82, 2.24) is 9.97 Å². The fourth-order valence-corrected chi connectivity index (χ4v) is 2.55. The van der Waals surface area contributed by atoms with Crippen LogP contribution in [-0.4, -0.2) is 9.97 Å². The number of rotatable bonds is 5. The quantitative estimate of drug-likeness (QED) is 0.866. The normalized spacial score (nSPS) is 14.2. The lowest BCUT2D eigenvalue weighted by molar-refractivity contribution is 0.423. The summed E-state index contributed by atoms with van der Waals surface area (Å²) in [6, 6.07) is 8.60. The largest absolute Gasteiger partial charge is 0.344 e. The summed E-state index contributed by atoms with van der Waals surface area (Å²) in [4.78, 5) is 8.11. The second kappa shape index (κ2) is 5.80. The molecule has 1 atom stereocenters. The van der Waals surface area contributed by atoms with Gasteiger partial charge in [0.15, 0.2) is 0 Å². The number of imidazole rings is 1. The van der Waals surface area contributed by atoms with Gasteiger partial charge in [-0.15, -0.1) is 0 Å². The molecule has 1 unspecified atom stereocenters. The summed E-state index contributed by atoms with van der Waals surface area (Å²) in [6.07, 6.45) is 3.03. The zero-order valence-electron chi connectivity index (χ0n) is 13.0. The molecule has 3 heteroatoms. The van der Waals surface area contributed by atoms with E-state index in [0.29, 0.717) is 0 Å². The van der Waals surface area contributed by atoms with Crippen molar-refractivity contribution in [3.8, 4) is 11.3 Å². The van der Waals surface area contributed by atoms with E-state index in [0.717, 1.165) is 42.0 Å². The fourth-order valence-electron chi connectivity index (χ4n) is 2.55. The highest BCUT2D eigenvalue weighted by Gasteiger charge is 2.25. The lowest BCUT2D eigenvalue weighted by atomic mass is 9.97. The monoisotopic (exact) mass is 271 g/mol. The van der Waals surface area contributed by atoms with Gasteiger partial charge in [0.2, 0.25) is 0 Å². The first kappa shape index (κ1) is 14.8. The molecule has 0 saturated carbocycles. The molecule has 0 radical (unpaired) electrons. The van der Waals surface area contributed by atoms with Gasteiger partial charge in [0, 0.05) is 11.3 Å². The van der Waals surface area contributed by atoms with Crippen molar-refractivity contribution in [2.45, 2.75) is 52.5 Å². The van der Waals surface area contributed by atoms with E-state index in [1.54, 1.807) is 0 Å². The third-order valence-corrected chi connectivity index (χ3v) is 3.83. The van der Waals surface area contributed by atoms with Crippen molar-refractivity contribution in [1.29, 1.82) is 0 Å². The van der Waals surface area contributed by atoms with Gasteiger partial charge in [-0.05, 0) is 32.3 Å². The van der Waals surface area contributed by atoms with Gasteiger partial charge in [0.1, 0.15) is 5.82 Å². The fraction of sp³-hybridized carbons (Fsp3) is 0.471. The first-order chi connectivity index (χ1) is 9.47. The van der Waals surface area contributed by atoms with E-state index in [1.807, 2.05) is 6.92 Å². The maximum Gasteiger partial charge on any atom is 0.126 e. The van der Waals surface area contributed by atoms with Crippen LogP contribution >= 0.6 is 0 Å². The smallest absolute Gasteiger partial charge is 0.126 e. The van der Waals surface area contributed by atoms with E-state index in [1.165, 1.54) is 5.56 Å². The van der Waals surface area contributed by atoms with Gasteiger partial charge < -0.3 is 10.7 Å². The molecule has 0 fully saturated rings. The zero-order chi connectivity index (χ0) is 14.8. The maximum absolute atomic E-state index is 6.36. The Morgan fingerprint density at radius 2 is 1.85 bits per heavy atom. The topological polar surface area (TPSA) is 54.7 Å². The number of hydrogen-bond donors (Lipinski definition) is 2.